The predicted octanol–water partition coefficient (Wildman–Crippen LogP) is 6.18. The molecule has 0 saturated carbocycles. The van der Waals surface area contributed by atoms with Crippen molar-refractivity contribution in [2.45, 2.75) is 58.9 Å². The Hall–Kier alpha value is -1.69. The number of halogens is 2. The Morgan fingerprint density at radius 3 is 2.34 bits per heavy atom. The van der Waals surface area contributed by atoms with Gasteiger partial charge >= 0.3 is 0 Å². The van der Waals surface area contributed by atoms with Crippen molar-refractivity contribution in [1.82, 2.24) is 10.2 Å². The summed E-state index contributed by atoms with van der Waals surface area (Å²) in [5.74, 6) is 0.814. The lowest BCUT2D eigenvalue weighted by atomic mass is 10.1. The van der Waals surface area contributed by atoms with Gasteiger partial charge < -0.3 is 10.2 Å². The maximum Gasteiger partial charge on any atom is 0.242 e. The van der Waals surface area contributed by atoms with Crippen LogP contribution in [-0.2, 0) is 21.9 Å². The van der Waals surface area contributed by atoms with Crippen molar-refractivity contribution in [3.05, 3.63) is 68.7 Å². The lowest BCUT2D eigenvalue weighted by molar-refractivity contribution is -0.139. The van der Waals surface area contributed by atoms with E-state index in [4.69, 9.17) is 23.2 Å². The molecule has 0 saturated heterocycles. The largest absolute Gasteiger partial charge is 0.354 e. The monoisotopic (exact) mass is 494 g/mol. The summed E-state index contributed by atoms with van der Waals surface area (Å²) in [6, 6.07) is 11.1. The SMILES string of the molecule is CCCNC(=O)[C@@H](CC)N(Cc1ccc(Cl)cc1Cl)C(=O)CSCc1cc(C)cc(C)c1. The number of aryl methyl sites for hydroxylation is 2. The van der Waals surface area contributed by atoms with Gasteiger partial charge in [-0.15, -0.1) is 11.8 Å². The van der Waals surface area contributed by atoms with Crippen LogP contribution in [0.2, 0.25) is 10.0 Å². The molecule has 0 heterocycles. The minimum Gasteiger partial charge on any atom is -0.354 e. The second-order valence-electron chi connectivity index (χ2n) is 7.96. The van der Waals surface area contributed by atoms with Gasteiger partial charge in [-0.3, -0.25) is 9.59 Å². The Morgan fingerprint density at radius 1 is 1.06 bits per heavy atom. The number of carbonyl (C=O) groups excluding carboxylic acids is 2. The Bertz CT molecular complexity index is 916. The van der Waals surface area contributed by atoms with E-state index in [2.05, 4.69) is 37.4 Å². The first-order valence-corrected chi connectivity index (χ1v) is 12.8. The van der Waals surface area contributed by atoms with Crippen molar-refractivity contribution in [1.29, 1.82) is 0 Å². The quantitative estimate of drug-likeness (QED) is 0.405. The van der Waals surface area contributed by atoms with E-state index < -0.39 is 6.04 Å². The third-order valence-corrected chi connectivity index (χ3v) is 6.64. The molecule has 32 heavy (non-hydrogen) atoms. The molecule has 1 N–H and O–H groups in total. The highest BCUT2D eigenvalue weighted by Gasteiger charge is 2.28. The summed E-state index contributed by atoms with van der Waals surface area (Å²) < 4.78 is 0. The van der Waals surface area contributed by atoms with Crippen LogP contribution in [0.4, 0.5) is 0 Å². The molecule has 2 amide bonds. The molecular formula is C25H32Cl2N2O2S. The number of rotatable bonds is 11. The number of hydrogen-bond donors (Lipinski definition) is 1. The van der Waals surface area contributed by atoms with Crippen LogP contribution < -0.4 is 5.32 Å². The molecule has 0 spiro atoms. The first-order chi connectivity index (χ1) is 15.2. The fraction of sp³-hybridized carbons (Fsp3) is 0.440. The van der Waals surface area contributed by atoms with Crippen LogP contribution >= 0.6 is 35.0 Å². The summed E-state index contributed by atoms with van der Waals surface area (Å²) in [5, 5.41) is 3.95. The van der Waals surface area contributed by atoms with Gasteiger partial charge in [0.15, 0.2) is 0 Å². The topological polar surface area (TPSA) is 49.4 Å². The van der Waals surface area contributed by atoms with Crippen LogP contribution in [0.5, 0.6) is 0 Å². The molecule has 0 bridgehead atoms. The minimum atomic E-state index is -0.553. The van der Waals surface area contributed by atoms with Gasteiger partial charge in [-0.05, 0) is 49.9 Å². The number of thioether (sulfide) groups is 1. The van der Waals surface area contributed by atoms with Crippen LogP contribution in [0.1, 0.15) is 48.9 Å². The van der Waals surface area contributed by atoms with Gasteiger partial charge in [-0.2, -0.15) is 0 Å². The van der Waals surface area contributed by atoms with Crippen molar-refractivity contribution < 1.29 is 9.59 Å². The Morgan fingerprint density at radius 2 is 1.75 bits per heavy atom. The summed E-state index contributed by atoms with van der Waals surface area (Å²) in [7, 11) is 0. The molecule has 2 aromatic rings. The van der Waals surface area contributed by atoms with Gasteiger partial charge in [-0.25, -0.2) is 0 Å². The van der Waals surface area contributed by atoms with Crippen molar-refractivity contribution >= 4 is 46.8 Å². The van der Waals surface area contributed by atoms with Crippen LogP contribution in [-0.4, -0.2) is 35.1 Å². The molecule has 0 aliphatic rings. The fourth-order valence-corrected chi connectivity index (χ4v) is 4.92. The van der Waals surface area contributed by atoms with E-state index in [-0.39, 0.29) is 24.1 Å². The molecule has 0 radical (unpaired) electrons. The summed E-state index contributed by atoms with van der Waals surface area (Å²) in [5.41, 5.74) is 4.39. The predicted molar refractivity (Wildman–Crippen MR) is 136 cm³/mol. The molecule has 1 atom stereocenters. The fourth-order valence-electron chi connectivity index (χ4n) is 3.61. The molecule has 0 fully saturated rings. The van der Waals surface area contributed by atoms with E-state index in [9.17, 15) is 9.59 Å². The van der Waals surface area contributed by atoms with Crippen molar-refractivity contribution in [2.24, 2.45) is 0 Å². The third-order valence-electron chi connectivity index (χ3n) is 5.07. The van der Waals surface area contributed by atoms with Crippen LogP contribution in [0.25, 0.3) is 0 Å². The summed E-state index contributed by atoms with van der Waals surface area (Å²) >= 11 is 14.0. The first kappa shape index (κ1) is 26.6. The molecule has 7 heteroatoms. The Kier molecular flexibility index (Phi) is 10.9. The number of benzene rings is 2. The van der Waals surface area contributed by atoms with Crippen LogP contribution in [0.15, 0.2) is 36.4 Å². The summed E-state index contributed by atoms with van der Waals surface area (Å²) in [4.78, 5) is 27.7. The minimum absolute atomic E-state index is 0.0797. The molecule has 0 aliphatic carbocycles. The van der Waals surface area contributed by atoms with E-state index in [1.54, 1.807) is 28.8 Å². The highest BCUT2D eigenvalue weighted by Crippen LogP contribution is 2.24. The average molecular weight is 496 g/mol. The molecule has 2 rings (SSSR count). The van der Waals surface area contributed by atoms with Crippen LogP contribution in [0.3, 0.4) is 0 Å². The van der Waals surface area contributed by atoms with Gasteiger partial charge in [0.2, 0.25) is 11.8 Å². The van der Waals surface area contributed by atoms with Crippen LogP contribution in [0, 0.1) is 13.8 Å². The molecule has 0 aromatic heterocycles. The molecule has 174 valence electrons. The molecule has 0 aliphatic heterocycles. The van der Waals surface area contributed by atoms with Crippen molar-refractivity contribution in [3.8, 4) is 0 Å². The average Bonchev–Trinajstić information content (AvgIpc) is 2.72. The highest BCUT2D eigenvalue weighted by atomic mass is 35.5. The lowest BCUT2D eigenvalue weighted by Gasteiger charge is -2.31. The lowest BCUT2D eigenvalue weighted by Crippen LogP contribution is -2.49. The zero-order valence-electron chi connectivity index (χ0n) is 19.2. The highest BCUT2D eigenvalue weighted by molar-refractivity contribution is 7.99. The number of carbonyl (C=O) groups is 2. The second kappa shape index (κ2) is 13.1. The smallest absolute Gasteiger partial charge is 0.242 e. The van der Waals surface area contributed by atoms with E-state index in [0.717, 1.165) is 17.7 Å². The zero-order chi connectivity index (χ0) is 23.7. The van der Waals surface area contributed by atoms with Crippen molar-refractivity contribution in [2.75, 3.05) is 12.3 Å². The van der Waals surface area contributed by atoms with Gasteiger partial charge in [0.05, 0.1) is 5.75 Å². The Labute approximate surface area is 206 Å². The maximum absolute atomic E-state index is 13.3. The maximum atomic E-state index is 13.3. The van der Waals surface area contributed by atoms with E-state index >= 15 is 0 Å². The van der Waals surface area contributed by atoms with Gasteiger partial charge in [0.25, 0.3) is 0 Å². The number of nitrogens with one attached hydrogen (secondary N) is 1. The Balaban J connectivity index is 2.17. The molecule has 2 aromatic carbocycles. The normalized spacial score (nSPS) is 11.8. The summed E-state index contributed by atoms with van der Waals surface area (Å²) in [6.07, 6.45) is 1.36. The number of hydrogen-bond acceptors (Lipinski definition) is 3. The third kappa shape index (κ3) is 8.02. The second-order valence-corrected chi connectivity index (χ2v) is 9.79. The molecule has 0 unspecified atom stereocenters. The standard InChI is InChI=1S/C25H32Cl2N2O2S/c1-5-9-28-25(31)23(6-2)29(14-20-7-8-21(26)13-22(20)27)24(30)16-32-15-19-11-17(3)10-18(4)12-19/h7-8,10-13,23H,5-6,9,14-16H2,1-4H3,(H,28,31)/t23-/m1/s1. The summed E-state index contributed by atoms with van der Waals surface area (Å²) in [6.45, 7) is 8.91. The van der Waals surface area contributed by atoms with Gasteiger partial charge in [-0.1, -0.05) is 72.4 Å². The molecular weight excluding hydrogens is 463 g/mol. The molecule has 4 nitrogen and oxygen atoms in total. The van der Waals surface area contributed by atoms with Gasteiger partial charge in [0, 0.05) is 28.9 Å². The van der Waals surface area contributed by atoms with Gasteiger partial charge in [0.1, 0.15) is 6.04 Å². The zero-order valence-corrected chi connectivity index (χ0v) is 21.5. The van der Waals surface area contributed by atoms with E-state index in [0.29, 0.717) is 23.0 Å². The number of nitrogens with zero attached hydrogens (tertiary/aromatic N) is 1. The van der Waals surface area contributed by atoms with Crippen molar-refractivity contribution in [3.63, 3.8) is 0 Å². The number of amides is 2. The van der Waals surface area contributed by atoms with E-state index in [1.165, 1.54) is 16.7 Å². The first-order valence-electron chi connectivity index (χ1n) is 10.9. The van der Waals surface area contributed by atoms with E-state index in [1.807, 2.05) is 19.9 Å².